The Morgan fingerprint density at radius 3 is 2.38 bits per heavy atom. The van der Waals surface area contributed by atoms with E-state index in [-0.39, 0.29) is 13.2 Å². The molecule has 4 nitrogen and oxygen atoms in total. The van der Waals surface area contributed by atoms with Gasteiger partial charge in [-0.3, -0.25) is 4.68 Å². The molecule has 0 saturated carbocycles. The minimum Gasteiger partial charge on any atom is -0.396 e. The second-order valence-electron chi connectivity index (χ2n) is 5.11. The number of aliphatic hydroxyl groups excluding tert-OH is 2. The first kappa shape index (κ1) is 13.2. The van der Waals surface area contributed by atoms with Crippen LogP contribution in [0, 0.1) is 11.3 Å². The normalized spacial score (nSPS) is 12.4. The summed E-state index contributed by atoms with van der Waals surface area (Å²) in [5, 5.41) is 23.1. The highest BCUT2D eigenvalue weighted by Crippen LogP contribution is 2.29. The number of aryl methyl sites for hydroxylation is 1. The van der Waals surface area contributed by atoms with Gasteiger partial charge in [0, 0.05) is 18.7 Å². The Bertz CT molecular complexity index is 317. The molecule has 4 heteroatoms. The van der Waals surface area contributed by atoms with Crippen molar-refractivity contribution in [2.75, 3.05) is 13.2 Å². The molecule has 92 valence electrons. The summed E-state index contributed by atoms with van der Waals surface area (Å²) in [7, 11) is 1.87. The molecule has 0 aliphatic heterocycles. The van der Waals surface area contributed by atoms with Crippen LogP contribution in [0.1, 0.15) is 25.8 Å². The van der Waals surface area contributed by atoms with Crippen LogP contribution in [0.4, 0.5) is 0 Å². The van der Waals surface area contributed by atoms with Gasteiger partial charge in [-0.25, -0.2) is 0 Å². The third kappa shape index (κ3) is 3.32. The van der Waals surface area contributed by atoms with Gasteiger partial charge in [-0.15, -0.1) is 0 Å². The Morgan fingerprint density at radius 1 is 1.38 bits per heavy atom. The fourth-order valence-corrected chi connectivity index (χ4v) is 2.23. The van der Waals surface area contributed by atoms with Crippen molar-refractivity contribution in [2.24, 2.45) is 18.4 Å². The van der Waals surface area contributed by atoms with Crippen molar-refractivity contribution in [3.05, 3.63) is 18.0 Å². The quantitative estimate of drug-likeness (QED) is 0.760. The number of hydrogen-bond donors (Lipinski definition) is 2. The van der Waals surface area contributed by atoms with E-state index >= 15 is 0 Å². The predicted octanol–water partition coefficient (Wildman–Crippen LogP) is 0.980. The summed E-state index contributed by atoms with van der Waals surface area (Å²) in [5.74, 6) is 0.455. The van der Waals surface area contributed by atoms with Gasteiger partial charge in [-0.2, -0.15) is 5.10 Å². The molecule has 0 amide bonds. The molecule has 0 bridgehead atoms. The van der Waals surface area contributed by atoms with E-state index in [1.54, 1.807) is 10.9 Å². The zero-order valence-corrected chi connectivity index (χ0v) is 10.3. The molecule has 1 aromatic rings. The van der Waals surface area contributed by atoms with Crippen LogP contribution in [-0.4, -0.2) is 33.2 Å². The van der Waals surface area contributed by atoms with Gasteiger partial charge in [0.1, 0.15) is 0 Å². The monoisotopic (exact) mass is 226 g/mol. The molecule has 0 radical (unpaired) electrons. The highest BCUT2D eigenvalue weighted by Gasteiger charge is 2.30. The Labute approximate surface area is 96.9 Å². The summed E-state index contributed by atoms with van der Waals surface area (Å²) in [6, 6.07) is 0. The highest BCUT2D eigenvalue weighted by molar-refractivity contribution is 5.07. The number of nitrogens with zero attached hydrogens (tertiary/aromatic N) is 2. The second-order valence-corrected chi connectivity index (χ2v) is 5.11. The van der Waals surface area contributed by atoms with Gasteiger partial charge >= 0.3 is 0 Å². The average Bonchev–Trinajstić information content (AvgIpc) is 2.62. The van der Waals surface area contributed by atoms with Gasteiger partial charge in [0.15, 0.2) is 0 Å². The van der Waals surface area contributed by atoms with Crippen LogP contribution in [0.5, 0.6) is 0 Å². The van der Waals surface area contributed by atoms with Crippen LogP contribution in [0.3, 0.4) is 0 Å². The van der Waals surface area contributed by atoms with E-state index in [4.69, 9.17) is 0 Å². The molecule has 16 heavy (non-hydrogen) atoms. The lowest BCUT2D eigenvalue weighted by Crippen LogP contribution is -2.33. The maximum Gasteiger partial charge on any atom is 0.0521 e. The molecule has 0 aromatic carbocycles. The van der Waals surface area contributed by atoms with Crippen LogP contribution in [-0.2, 0) is 13.5 Å². The second kappa shape index (κ2) is 5.46. The SMILES string of the molecule is CC(C)CC(CO)(CO)Cc1cnn(C)c1. The molecule has 0 aliphatic carbocycles. The first-order valence-corrected chi connectivity index (χ1v) is 5.70. The molecular formula is C12H22N2O2. The number of rotatable bonds is 6. The van der Waals surface area contributed by atoms with Crippen molar-refractivity contribution in [1.29, 1.82) is 0 Å². The summed E-state index contributed by atoms with van der Waals surface area (Å²) >= 11 is 0. The van der Waals surface area contributed by atoms with Crippen molar-refractivity contribution in [2.45, 2.75) is 26.7 Å². The van der Waals surface area contributed by atoms with Crippen molar-refractivity contribution in [1.82, 2.24) is 9.78 Å². The van der Waals surface area contributed by atoms with Crippen LogP contribution in [0.25, 0.3) is 0 Å². The zero-order valence-electron chi connectivity index (χ0n) is 10.3. The predicted molar refractivity (Wildman–Crippen MR) is 63.0 cm³/mol. The summed E-state index contributed by atoms with van der Waals surface area (Å²) in [6.45, 7) is 4.22. The third-order valence-electron chi connectivity index (χ3n) is 2.85. The highest BCUT2D eigenvalue weighted by atomic mass is 16.3. The van der Waals surface area contributed by atoms with Gasteiger partial charge in [-0.1, -0.05) is 13.8 Å². The number of hydrogen-bond acceptors (Lipinski definition) is 3. The van der Waals surface area contributed by atoms with Crippen molar-refractivity contribution < 1.29 is 10.2 Å². The molecule has 0 fully saturated rings. The Balaban J connectivity index is 2.77. The van der Waals surface area contributed by atoms with Crippen LogP contribution >= 0.6 is 0 Å². The molecule has 0 aliphatic rings. The summed E-state index contributed by atoms with van der Waals surface area (Å²) in [4.78, 5) is 0. The fourth-order valence-electron chi connectivity index (χ4n) is 2.23. The van der Waals surface area contributed by atoms with Gasteiger partial charge in [0.2, 0.25) is 0 Å². The minimum atomic E-state index is -0.419. The van der Waals surface area contributed by atoms with E-state index in [9.17, 15) is 10.2 Å². The van der Waals surface area contributed by atoms with Gasteiger partial charge in [0.05, 0.1) is 19.4 Å². The number of aromatic nitrogens is 2. The zero-order chi connectivity index (χ0) is 12.2. The van der Waals surface area contributed by atoms with Crippen molar-refractivity contribution in [3.8, 4) is 0 Å². The van der Waals surface area contributed by atoms with E-state index in [0.29, 0.717) is 12.3 Å². The van der Waals surface area contributed by atoms with Gasteiger partial charge in [0.25, 0.3) is 0 Å². The van der Waals surface area contributed by atoms with Crippen LogP contribution < -0.4 is 0 Å². The lowest BCUT2D eigenvalue weighted by Gasteiger charge is -2.31. The maximum atomic E-state index is 9.51. The summed E-state index contributed by atoms with van der Waals surface area (Å²) < 4.78 is 1.74. The molecule has 1 aromatic heterocycles. The molecule has 0 atom stereocenters. The lowest BCUT2D eigenvalue weighted by molar-refractivity contribution is 0.0369. The standard InChI is InChI=1S/C12H22N2O2/c1-10(2)4-12(8-15,9-16)5-11-6-13-14(3)7-11/h6-7,10,15-16H,4-5,8-9H2,1-3H3. The molecule has 1 rings (SSSR count). The van der Waals surface area contributed by atoms with E-state index in [1.165, 1.54) is 0 Å². The van der Waals surface area contributed by atoms with E-state index in [2.05, 4.69) is 18.9 Å². The van der Waals surface area contributed by atoms with E-state index in [1.807, 2.05) is 13.2 Å². The van der Waals surface area contributed by atoms with E-state index < -0.39 is 5.41 Å². The topological polar surface area (TPSA) is 58.3 Å². The largest absolute Gasteiger partial charge is 0.396 e. The molecule has 0 saturated heterocycles. The van der Waals surface area contributed by atoms with E-state index in [0.717, 1.165) is 12.0 Å². The lowest BCUT2D eigenvalue weighted by atomic mass is 9.77. The Hall–Kier alpha value is -0.870. The van der Waals surface area contributed by atoms with Gasteiger partial charge < -0.3 is 10.2 Å². The Kier molecular flexibility index (Phi) is 4.50. The molecule has 1 heterocycles. The number of aliphatic hydroxyl groups is 2. The van der Waals surface area contributed by atoms with Crippen molar-refractivity contribution in [3.63, 3.8) is 0 Å². The average molecular weight is 226 g/mol. The fraction of sp³-hybridized carbons (Fsp3) is 0.750. The van der Waals surface area contributed by atoms with Gasteiger partial charge in [-0.05, 0) is 24.3 Å². The van der Waals surface area contributed by atoms with Crippen LogP contribution in [0.15, 0.2) is 12.4 Å². The van der Waals surface area contributed by atoms with Crippen molar-refractivity contribution >= 4 is 0 Å². The molecule has 0 unspecified atom stereocenters. The molecule has 0 spiro atoms. The maximum absolute atomic E-state index is 9.51. The summed E-state index contributed by atoms with van der Waals surface area (Å²) in [6.07, 6.45) is 5.21. The minimum absolute atomic E-state index is 0.0105. The molecule has 2 N–H and O–H groups in total. The smallest absolute Gasteiger partial charge is 0.0521 e. The Morgan fingerprint density at radius 2 is 2.00 bits per heavy atom. The first-order valence-electron chi connectivity index (χ1n) is 5.70. The summed E-state index contributed by atoms with van der Waals surface area (Å²) in [5.41, 5.74) is 0.642. The van der Waals surface area contributed by atoms with Crippen LogP contribution in [0.2, 0.25) is 0 Å². The first-order chi connectivity index (χ1) is 7.51. The third-order valence-corrected chi connectivity index (χ3v) is 2.85. The molecular weight excluding hydrogens is 204 g/mol.